The van der Waals surface area contributed by atoms with E-state index in [1.54, 1.807) is 13.1 Å². The second kappa shape index (κ2) is 8.94. The monoisotopic (exact) mass is 414 g/mol. The summed E-state index contributed by atoms with van der Waals surface area (Å²) in [6.07, 6.45) is 4.91. The third-order valence-corrected chi connectivity index (χ3v) is 4.19. The molecule has 3 rings (SSSR count). The topological polar surface area (TPSA) is 148 Å². The predicted octanol–water partition coefficient (Wildman–Crippen LogP) is 2.90. The number of hydrogen-bond acceptors (Lipinski definition) is 8. The van der Waals surface area contributed by atoms with Gasteiger partial charge in [-0.1, -0.05) is 0 Å². The summed E-state index contributed by atoms with van der Waals surface area (Å²) in [5.41, 5.74) is 0.884. The van der Waals surface area contributed by atoms with Crippen molar-refractivity contribution >= 4 is 17.3 Å². The van der Waals surface area contributed by atoms with Crippen LogP contribution in [0.5, 0.6) is 0 Å². The number of nitro benzene ring substituents is 1. The van der Waals surface area contributed by atoms with Crippen molar-refractivity contribution in [3.05, 3.63) is 63.1 Å². The lowest BCUT2D eigenvalue weighted by molar-refractivity contribution is -0.384. The first kappa shape index (κ1) is 20.6. The molecule has 3 aromatic rings. The Kier molecular flexibility index (Phi) is 6.15. The molecule has 0 atom stereocenters. The molecule has 0 unspecified atom stereocenters. The number of aryl methyl sites for hydroxylation is 1. The molecule has 156 valence electrons. The lowest BCUT2D eigenvalue weighted by atomic mass is 10.2. The zero-order valence-corrected chi connectivity index (χ0v) is 16.0. The molecule has 0 amide bonds. The van der Waals surface area contributed by atoms with Crippen LogP contribution in [0.2, 0.25) is 0 Å². The Morgan fingerprint density at radius 3 is 2.50 bits per heavy atom. The van der Waals surface area contributed by atoms with E-state index >= 15 is 0 Å². The molecule has 0 aliphatic heterocycles. The number of hydrogen-bond donors (Lipinski definition) is 0. The molecule has 1 aromatic carbocycles. The summed E-state index contributed by atoms with van der Waals surface area (Å²) in [6, 6.07) is 5.74. The highest BCUT2D eigenvalue weighted by atomic mass is 16.6. The van der Waals surface area contributed by atoms with E-state index in [9.17, 15) is 25.0 Å². The van der Waals surface area contributed by atoms with Crippen molar-refractivity contribution in [1.29, 1.82) is 0 Å². The van der Waals surface area contributed by atoms with Crippen LogP contribution in [-0.2, 0) is 16.1 Å². The molecule has 2 heterocycles. The number of carbonyl (C=O) groups excluding carboxylic acids is 1. The van der Waals surface area contributed by atoms with Gasteiger partial charge in [-0.2, -0.15) is 10.2 Å². The van der Waals surface area contributed by atoms with Gasteiger partial charge in [0.15, 0.2) is 5.69 Å². The summed E-state index contributed by atoms with van der Waals surface area (Å²) in [6.45, 7) is 2.34. The molecular formula is C18H18N6O6. The van der Waals surface area contributed by atoms with Crippen LogP contribution in [0.25, 0.3) is 16.9 Å². The zero-order chi connectivity index (χ0) is 21.7. The van der Waals surface area contributed by atoms with E-state index in [2.05, 4.69) is 10.2 Å². The molecule has 0 saturated heterocycles. The zero-order valence-electron chi connectivity index (χ0n) is 16.0. The highest BCUT2D eigenvalue weighted by Gasteiger charge is 2.22. The highest BCUT2D eigenvalue weighted by Crippen LogP contribution is 2.29. The van der Waals surface area contributed by atoms with Crippen LogP contribution in [0.3, 0.4) is 0 Å². The molecule has 0 fully saturated rings. The fourth-order valence-electron chi connectivity index (χ4n) is 2.80. The molecule has 12 heteroatoms. The van der Waals surface area contributed by atoms with Crippen LogP contribution in [0.1, 0.15) is 19.8 Å². The average molecular weight is 414 g/mol. The van der Waals surface area contributed by atoms with Gasteiger partial charge in [-0.25, -0.2) is 4.68 Å². The van der Waals surface area contributed by atoms with Gasteiger partial charge in [0.25, 0.3) is 5.69 Å². The third kappa shape index (κ3) is 4.66. The number of rotatable bonds is 9. The van der Waals surface area contributed by atoms with Gasteiger partial charge >= 0.3 is 11.7 Å². The number of nitrogens with zero attached hydrogens (tertiary/aromatic N) is 6. The normalized spacial score (nSPS) is 10.7. The lowest BCUT2D eigenvalue weighted by Gasteiger charge is -2.01. The lowest BCUT2D eigenvalue weighted by Crippen LogP contribution is -2.06. The number of non-ortho nitro benzene ring substituents is 1. The molecule has 12 nitrogen and oxygen atoms in total. The van der Waals surface area contributed by atoms with E-state index in [-0.39, 0.29) is 29.5 Å². The maximum Gasteiger partial charge on any atom is 0.315 e. The highest BCUT2D eigenvalue weighted by molar-refractivity contribution is 5.69. The van der Waals surface area contributed by atoms with Crippen molar-refractivity contribution < 1.29 is 19.4 Å². The molecule has 0 aliphatic rings. The number of ether oxygens (including phenoxy) is 1. The van der Waals surface area contributed by atoms with Gasteiger partial charge in [0.2, 0.25) is 0 Å². The second-order valence-corrected chi connectivity index (χ2v) is 6.24. The van der Waals surface area contributed by atoms with Gasteiger partial charge in [-0.15, -0.1) is 0 Å². The van der Waals surface area contributed by atoms with Gasteiger partial charge < -0.3 is 4.74 Å². The number of benzene rings is 1. The Morgan fingerprint density at radius 2 is 1.87 bits per heavy atom. The van der Waals surface area contributed by atoms with E-state index in [0.717, 1.165) is 0 Å². The van der Waals surface area contributed by atoms with E-state index in [0.29, 0.717) is 30.8 Å². The first-order valence-electron chi connectivity index (χ1n) is 9.06. The van der Waals surface area contributed by atoms with Gasteiger partial charge in [0, 0.05) is 36.9 Å². The molecule has 0 saturated carbocycles. The molecule has 30 heavy (non-hydrogen) atoms. The standard InChI is InChI=1S/C18H18N6O6/c1-2-30-17(25)4-3-9-21-12-16(24(28)29)18(20-21)13-10-19-22(11-13)14-5-7-15(8-6-14)23(26)27/h5-8,10-12H,2-4,9H2,1H3. The fraction of sp³-hybridized carbons (Fsp3) is 0.278. The number of esters is 1. The molecule has 0 spiro atoms. The summed E-state index contributed by atoms with van der Waals surface area (Å²) >= 11 is 0. The van der Waals surface area contributed by atoms with Crippen LogP contribution < -0.4 is 0 Å². The first-order chi connectivity index (χ1) is 14.4. The quantitative estimate of drug-likeness (QED) is 0.295. The summed E-state index contributed by atoms with van der Waals surface area (Å²) in [5.74, 6) is -0.330. The summed E-state index contributed by atoms with van der Waals surface area (Å²) < 4.78 is 7.72. The van der Waals surface area contributed by atoms with Crippen molar-refractivity contribution in [2.45, 2.75) is 26.3 Å². The maximum absolute atomic E-state index is 11.4. The van der Waals surface area contributed by atoms with Crippen LogP contribution in [-0.4, -0.2) is 42.0 Å². The summed E-state index contributed by atoms with van der Waals surface area (Å²) in [7, 11) is 0. The Labute approximate surface area is 170 Å². The van der Waals surface area contributed by atoms with Crippen LogP contribution in [0.15, 0.2) is 42.9 Å². The second-order valence-electron chi connectivity index (χ2n) is 6.24. The third-order valence-electron chi connectivity index (χ3n) is 4.19. The molecule has 0 bridgehead atoms. The Bertz CT molecular complexity index is 1070. The van der Waals surface area contributed by atoms with Crippen LogP contribution in [0.4, 0.5) is 11.4 Å². The maximum atomic E-state index is 11.4. The fourth-order valence-corrected chi connectivity index (χ4v) is 2.80. The summed E-state index contributed by atoms with van der Waals surface area (Å²) in [4.78, 5) is 32.6. The number of aromatic nitrogens is 4. The predicted molar refractivity (Wildman–Crippen MR) is 104 cm³/mol. The van der Waals surface area contributed by atoms with Crippen molar-refractivity contribution in [2.75, 3.05) is 6.61 Å². The SMILES string of the molecule is CCOC(=O)CCCn1cc([N+](=O)[O-])c(-c2cnn(-c3ccc([N+](=O)[O-])cc3)c2)n1. The molecule has 0 radical (unpaired) electrons. The molecule has 0 aliphatic carbocycles. The van der Waals surface area contributed by atoms with Gasteiger partial charge in [0.05, 0.1) is 28.3 Å². The smallest absolute Gasteiger partial charge is 0.315 e. The Hall–Kier alpha value is -4.09. The minimum Gasteiger partial charge on any atom is -0.466 e. The van der Waals surface area contributed by atoms with Gasteiger partial charge in [-0.3, -0.25) is 29.7 Å². The molecule has 2 aromatic heterocycles. The largest absolute Gasteiger partial charge is 0.466 e. The van der Waals surface area contributed by atoms with E-state index in [4.69, 9.17) is 4.74 Å². The number of nitro groups is 2. The van der Waals surface area contributed by atoms with E-state index in [1.807, 2.05) is 0 Å². The van der Waals surface area contributed by atoms with Gasteiger partial charge in [0.1, 0.15) is 6.20 Å². The minimum absolute atomic E-state index is 0.0525. The average Bonchev–Trinajstić information content (AvgIpc) is 3.35. The van der Waals surface area contributed by atoms with Crippen molar-refractivity contribution in [1.82, 2.24) is 19.6 Å². The van der Waals surface area contributed by atoms with Gasteiger partial charge in [-0.05, 0) is 25.5 Å². The molecular weight excluding hydrogens is 396 g/mol. The van der Waals surface area contributed by atoms with Crippen molar-refractivity contribution in [2.24, 2.45) is 0 Å². The van der Waals surface area contributed by atoms with E-state index in [1.165, 1.54) is 46.0 Å². The van der Waals surface area contributed by atoms with Crippen molar-refractivity contribution in [3.8, 4) is 16.9 Å². The Morgan fingerprint density at radius 1 is 1.13 bits per heavy atom. The van der Waals surface area contributed by atoms with Crippen LogP contribution >= 0.6 is 0 Å². The Balaban J connectivity index is 1.79. The number of carbonyl (C=O) groups is 1. The first-order valence-corrected chi connectivity index (χ1v) is 9.06. The minimum atomic E-state index is -0.534. The summed E-state index contributed by atoms with van der Waals surface area (Å²) in [5, 5.41) is 30.6. The molecule has 0 N–H and O–H groups in total. The van der Waals surface area contributed by atoms with Crippen molar-refractivity contribution in [3.63, 3.8) is 0 Å². The van der Waals surface area contributed by atoms with E-state index < -0.39 is 9.85 Å². The van der Waals surface area contributed by atoms with Crippen LogP contribution in [0, 0.1) is 20.2 Å².